The molecule has 0 atom stereocenters. The molecule has 0 spiro atoms. The molecule has 136 valence electrons. The number of nitrogens with one attached hydrogen (secondary N) is 1. The second-order valence-electron chi connectivity index (χ2n) is 6.56. The number of amidine groups is 1. The van der Waals surface area contributed by atoms with Crippen LogP contribution in [0.25, 0.3) is 16.8 Å². The van der Waals surface area contributed by atoms with Gasteiger partial charge in [-0.3, -0.25) is 5.41 Å². The van der Waals surface area contributed by atoms with E-state index in [-0.39, 0.29) is 5.76 Å². The molecule has 27 heavy (non-hydrogen) atoms. The van der Waals surface area contributed by atoms with Crippen molar-refractivity contribution in [3.8, 4) is 11.3 Å². The first kappa shape index (κ1) is 17.8. The third-order valence-corrected chi connectivity index (χ3v) is 5.65. The fourth-order valence-electron chi connectivity index (χ4n) is 3.05. The molecule has 4 nitrogen and oxygen atoms in total. The highest BCUT2D eigenvalue weighted by molar-refractivity contribution is 7.11. The largest absolute Gasteiger partial charge is 0.510 e. The zero-order valence-electron chi connectivity index (χ0n) is 14.7. The molecule has 0 fully saturated rings. The van der Waals surface area contributed by atoms with Crippen LogP contribution >= 0.6 is 22.9 Å². The molecule has 3 aromatic rings. The predicted octanol–water partition coefficient (Wildman–Crippen LogP) is 5.53. The van der Waals surface area contributed by atoms with Gasteiger partial charge in [-0.1, -0.05) is 53.6 Å². The maximum Gasteiger partial charge on any atom is 0.135 e. The van der Waals surface area contributed by atoms with E-state index in [0.29, 0.717) is 34.5 Å². The number of hydrogen-bond acceptors (Lipinski definition) is 4. The van der Waals surface area contributed by atoms with Crippen molar-refractivity contribution in [2.24, 2.45) is 0 Å². The fourth-order valence-corrected chi connectivity index (χ4v) is 4.07. The van der Waals surface area contributed by atoms with Gasteiger partial charge in [-0.25, -0.2) is 4.98 Å². The van der Waals surface area contributed by atoms with Crippen molar-refractivity contribution in [3.63, 3.8) is 0 Å². The number of aryl methyl sites for hydroxylation is 1. The van der Waals surface area contributed by atoms with E-state index in [9.17, 15) is 5.11 Å². The molecule has 1 aliphatic heterocycles. The topological polar surface area (TPSA) is 60.2 Å². The second kappa shape index (κ2) is 7.18. The SMILES string of the molecule is Cc1ccc(-c2csc(C3=C(O)CN(Cc4ccc(Cl)cc4)C3=N)n2)cc1. The number of hydrogen-bond donors (Lipinski definition) is 2. The van der Waals surface area contributed by atoms with Crippen LogP contribution in [0.2, 0.25) is 5.02 Å². The van der Waals surface area contributed by atoms with Gasteiger partial charge in [-0.15, -0.1) is 11.3 Å². The molecular weight excluding hydrogens is 378 g/mol. The Kier molecular flexibility index (Phi) is 4.72. The summed E-state index contributed by atoms with van der Waals surface area (Å²) in [5.41, 5.74) is 4.65. The molecule has 1 aromatic heterocycles. The first-order chi connectivity index (χ1) is 13.0. The van der Waals surface area contributed by atoms with Crippen LogP contribution in [0, 0.1) is 12.3 Å². The first-order valence-electron chi connectivity index (χ1n) is 8.54. The van der Waals surface area contributed by atoms with Crippen molar-refractivity contribution in [1.82, 2.24) is 9.88 Å². The van der Waals surface area contributed by atoms with Gasteiger partial charge in [0.05, 0.1) is 17.8 Å². The van der Waals surface area contributed by atoms with Gasteiger partial charge in [0.1, 0.15) is 16.6 Å². The molecule has 2 N–H and O–H groups in total. The Morgan fingerprint density at radius 2 is 1.85 bits per heavy atom. The molecular formula is C21H18ClN3OS. The summed E-state index contributed by atoms with van der Waals surface area (Å²) in [5.74, 6) is 0.492. The Morgan fingerprint density at radius 3 is 2.56 bits per heavy atom. The van der Waals surface area contributed by atoms with Crippen LogP contribution < -0.4 is 0 Å². The van der Waals surface area contributed by atoms with Gasteiger partial charge in [-0.05, 0) is 24.6 Å². The summed E-state index contributed by atoms with van der Waals surface area (Å²) in [6, 6.07) is 15.7. The third-order valence-electron chi connectivity index (χ3n) is 4.53. The normalized spacial score (nSPS) is 14.3. The molecule has 0 unspecified atom stereocenters. The molecule has 4 rings (SSSR count). The Bertz CT molecular complexity index is 1020. The van der Waals surface area contributed by atoms with E-state index >= 15 is 0 Å². The summed E-state index contributed by atoms with van der Waals surface area (Å²) in [6.45, 7) is 2.91. The average molecular weight is 396 g/mol. The highest BCUT2D eigenvalue weighted by atomic mass is 35.5. The highest BCUT2D eigenvalue weighted by Crippen LogP contribution is 2.33. The van der Waals surface area contributed by atoms with Crippen LogP contribution in [0.1, 0.15) is 16.1 Å². The Hall–Kier alpha value is -2.63. The first-order valence-corrected chi connectivity index (χ1v) is 9.80. The van der Waals surface area contributed by atoms with Crippen LogP contribution in [0.5, 0.6) is 0 Å². The molecule has 2 aromatic carbocycles. The van der Waals surface area contributed by atoms with E-state index in [4.69, 9.17) is 17.0 Å². The van der Waals surface area contributed by atoms with Crippen LogP contribution in [0.3, 0.4) is 0 Å². The summed E-state index contributed by atoms with van der Waals surface area (Å²) in [4.78, 5) is 6.50. The molecule has 2 heterocycles. The average Bonchev–Trinajstić information content (AvgIpc) is 3.22. The van der Waals surface area contributed by atoms with Crippen LogP contribution in [-0.2, 0) is 6.54 Å². The molecule has 0 amide bonds. The number of nitrogens with zero attached hydrogens (tertiary/aromatic N) is 2. The van der Waals surface area contributed by atoms with Crippen molar-refractivity contribution < 1.29 is 5.11 Å². The number of benzene rings is 2. The standard InChI is InChI=1S/C21H18ClN3OS/c1-13-2-6-15(7-3-13)17-12-27-21(24-17)19-18(26)11-25(20(19)23)10-14-4-8-16(22)9-5-14/h2-9,12,23,26H,10-11H2,1H3. The lowest BCUT2D eigenvalue weighted by atomic mass is 10.1. The maximum absolute atomic E-state index is 10.5. The van der Waals surface area contributed by atoms with Gasteiger partial charge in [0, 0.05) is 22.5 Å². The zero-order valence-corrected chi connectivity index (χ0v) is 16.3. The monoisotopic (exact) mass is 395 g/mol. The van der Waals surface area contributed by atoms with E-state index in [1.165, 1.54) is 16.9 Å². The number of thiazole rings is 1. The summed E-state index contributed by atoms with van der Waals surface area (Å²) in [5, 5.41) is 22.3. The molecule has 0 saturated heterocycles. The number of rotatable bonds is 4. The molecule has 1 aliphatic rings. The van der Waals surface area contributed by atoms with E-state index in [0.717, 1.165) is 16.8 Å². The molecule has 6 heteroatoms. The third kappa shape index (κ3) is 3.61. The quantitative estimate of drug-likeness (QED) is 0.610. The Balaban J connectivity index is 1.55. The lowest BCUT2D eigenvalue weighted by molar-refractivity contribution is 0.347. The van der Waals surface area contributed by atoms with Crippen LogP contribution in [0.15, 0.2) is 59.7 Å². The molecule has 0 radical (unpaired) electrons. The lowest BCUT2D eigenvalue weighted by Gasteiger charge is -2.18. The molecule has 0 aliphatic carbocycles. The van der Waals surface area contributed by atoms with Crippen molar-refractivity contribution >= 4 is 34.3 Å². The minimum Gasteiger partial charge on any atom is -0.510 e. The van der Waals surface area contributed by atoms with E-state index < -0.39 is 0 Å². The lowest BCUT2D eigenvalue weighted by Crippen LogP contribution is -2.25. The van der Waals surface area contributed by atoms with Crippen molar-refractivity contribution in [3.05, 3.63) is 80.8 Å². The highest BCUT2D eigenvalue weighted by Gasteiger charge is 2.30. The fraction of sp³-hybridized carbons (Fsp3) is 0.143. The zero-order chi connectivity index (χ0) is 19.0. The number of aliphatic hydroxyl groups is 1. The van der Waals surface area contributed by atoms with E-state index in [2.05, 4.69) is 17.1 Å². The van der Waals surface area contributed by atoms with Crippen molar-refractivity contribution in [2.45, 2.75) is 13.5 Å². The molecule has 0 bridgehead atoms. The van der Waals surface area contributed by atoms with Gasteiger partial charge in [0.25, 0.3) is 0 Å². The number of aliphatic hydroxyl groups excluding tert-OH is 1. The van der Waals surface area contributed by atoms with Gasteiger partial charge in [0.2, 0.25) is 0 Å². The summed E-state index contributed by atoms with van der Waals surface area (Å²) < 4.78 is 0. The number of aromatic nitrogens is 1. The van der Waals surface area contributed by atoms with E-state index in [1.54, 1.807) is 0 Å². The summed E-state index contributed by atoms with van der Waals surface area (Å²) >= 11 is 7.38. The second-order valence-corrected chi connectivity index (χ2v) is 7.85. The maximum atomic E-state index is 10.5. The minimum absolute atomic E-state index is 0.193. The summed E-state index contributed by atoms with van der Waals surface area (Å²) in [6.07, 6.45) is 0. The minimum atomic E-state index is 0.193. The Morgan fingerprint density at radius 1 is 1.15 bits per heavy atom. The Labute approximate surface area is 166 Å². The van der Waals surface area contributed by atoms with Crippen LogP contribution in [-0.4, -0.2) is 27.4 Å². The summed E-state index contributed by atoms with van der Waals surface area (Å²) in [7, 11) is 0. The van der Waals surface area contributed by atoms with Gasteiger partial charge >= 0.3 is 0 Å². The molecule has 0 saturated carbocycles. The van der Waals surface area contributed by atoms with Crippen molar-refractivity contribution in [2.75, 3.05) is 6.54 Å². The van der Waals surface area contributed by atoms with Crippen molar-refractivity contribution in [1.29, 1.82) is 5.41 Å². The smallest absolute Gasteiger partial charge is 0.135 e. The number of halogens is 1. The van der Waals surface area contributed by atoms with Gasteiger partial charge < -0.3 is 10.0 Å². The van der Waals surface area contributed by atoms with Gasteiger partial charge in [-0.2, -0.15) is 0 Å². The van der Waals surface area contributed by atoms with Crippen LogP contribution in [0.4, 0.5) is 0 Å². The predicted molar refractivity (Wildman–Crippen MR) is 111 cm³/mol. The van der Waals surface area contributed by atoms with Gasteiger partial charge in [0.15, 0.2) is 0 Å². The van der Waals surface area contributed by atoms with E-state index in [1.807, 2.05) is 53.6 Å².